The van der Waals surface area contributed by atoms with E-state index in [0.717, 1.165) is 5.69 Å². The van der Waals surface area contributed by atoms with Gasteiger partial charge in [-0.1, -0.05) is 0 Å². The van der Waals surface area contributed by atoms with E-state index < -0.39 is 0 Å². The lowest BCUT2D eigenvalue weighted by molar-refractivity contribution is 1.10. The molecule has 0 bridgehead atoms. The van der Waals surface area contributed by atoms with Gasteiger partial charge in [-0.3, -0.25) is 4.40 Å². The van der Waals surface area contributed by atoms with Gasteiger partial charge in [0, 0.05) is 18.1 Å². The Morgan fingerprint density at radius 3 is 2.83 bits per heavy atom. The average Bonchev–Trinajstić information content (AvgIpc) is 2.89. The predicted octanol–water partition coefficient (Wildman–Crippen LogP) is 1.74. The molecular formula is C12H8N6. The van der Waals surface area contributed by atoms with E-state index in [0.29, 0.717) is 17.0 Å². The molecule has 86 valence electrons. The maximum Gasteiger partial charge on any atom is 0.203 e. The molecule has 0 amide bonds. The number of nitrogens with zero attached hydrogens (tertiary/aromatic N) is 5. The molecule has 3 aromatic rings. The molecule has 0 spiro atoms. The molecule has 1 aromatic carbocycles. The van der Waals surface area contributed by atoms with E-state index in [1.807, 2.05) is 12.1 Å². The van der Waals surface area contributed by atoms with Crippen molar-refractivity contribution in [2.75, 3.05) is 5.32 Å². The summed E-state index contributed by atoms with van der Waals surface area (Å²) in [4.78, 5) is 4.22. The molecule has 2 heterocycles. The number of nitriles is 1. The van der Waals surface area contributed by atoms with Gasteiger partial charge < -0.3 is 5.32 Å². The molecule has 3 rings (SSSR count). The minimum Gasteiger partial charge on any atom is -0.337 e. The highest BCUT2D eigenvalue weighted by atomic mass is 15.2. The standard InChI is InChI=1S/C12H8N6/c13-7-9-1-3-10(4-2-9)16-11-12-17-15-8-18(12)6-5-14-11/h1-6,8H,(H,14,16). The van der Waals surface area contributed by atoms with Gasteiger partial charge >= 0.3 is 0 Å². The van der Waals surface area contributed by atoms with E-state index in [1.54, 1.807) is 35.3 Å². The van der Waals surface area contributed by atoms with E-state index in [-0.39, 0.29) is 0 Å². The number of fused-ring (bicyclic) bond motifs is 1. The number of hydrogen-bond donors (Lipinski definition) is 1. The fraction of sp³-hybridized carbons (Fsp3) is 0. The predicted molar refractivity (Wildman–Crippen MR) is 65.2 cm³/mol. The Bertz CT molecular complexity index is 722. The molecule has 0 saturated carbocycles. The van der Waals surface area contributed by atoms with Crippen molar-refractivity contribution in [3.8, 4) is 6.07 Å². The van der Waals surface area contributed by atoms with Gasteiger partial charge in [0.2, 0.25) is 5.65 Å². The van der Waals surface area contributed by atoms with Crippen LogP contribution < -0.4 is 5.32 Å². The summed E-state index contributed by atoms with van der Waals surface area (Å²) < 4.78 is 1.78. The zero-order chi connectivity index (χ0) is 12.4. The molecule has 0 aliphatic rings. The van der Waals surface area contributed by atoms with Crippen LogP contribution in [0.25, 0.3) is 5.65 Å². The third-order valence-corrected chi connectivity index (χ3v) is 2.49. The smallest absolute Gasteiger partial charge is 0.203 e. The van der Waals surface area contributed by atoms with E-state index in [9.17, 15) is 0 Å². The fourth-order valence-electron chi connectivity index (χ4n) is 1.61. The zero-order valence-corrected chi connectivity index (χ0v) is 9.28. The first-order valence-electron chi connectivity index (χ1n) is 5.28. The summed E-state index contributed by atoms with van der Waals surface area (Å²) in [5.74, 6) is 0.625. The Kier molecular flexibility index (Phi) is 2.35. The second-order valence-electron chi connectivity index (χ2n) is 3.65. The molecule has 0 aliphatic carbocycles. The lowest BCUT2D eigenvalue weighted by Gasteiger charge is -2.05. The Balaban J connectivity index is 1.96. The highest BCUT2D eigenvalue weighted by Crippen LogP contribution is 2.17. The minimum atomic E-state index is 0.620. The molecule has 0 radical (unpaired) electrons. The summed E-state index contributed by atoms with van der Waals surface area (Å²) in [6, 6.07) is 9.20. The van der Waals surface area contributed by atoms with Crippen LogP contribution in [-0.2, 0) is 0 Å². The zero-order valence-electron chi connectivity index (χ0n) is 9.28. The highest BCUT2D eigenvalue weighted by Gasteiger charge is 2.04. The van der Waals surface area contributed by atoms with Gasteiger partial charge in [-0.25, -0.2) is 4.98 Å². The van der Waals surface area contributed by atoms with Crippen LogP contribution in [-0.4, -0.2) is 19.6 Å². The molecule has 0 saturated heterocycles. The van der Waals surface area contributed by atoms with Gasteiger partial charge in [0.25, 0.3) is 0 Å². The second kappa shape index (κ2) is 4.14. The molecule has 18 heavy (non-hydrogen) atoms. The first-order valence-corrected chi connectivity index (χ1v) is 5.28. The molecule has 2 aromatic heterocycles. The lowest BCUT2D eigenvalue weighted by atomic mass is 10.2. The van der Waals surface area contributed by atoms with Gasteiger partial charge in [-0.05, 0) is 24.3 Å². The molecule has 0 fully saturated rings. The normalized spacial score (nSPS) is 10.2. The number of hydrogen-bond acceptors (Lipinski definition) is 5. The summed E-state index contributed by atoms with van der Waals surface area (Å²) in [5, 5.41) is 19.7. The third-order valence-electron chi connectivity index (χ3n) is 2.49. The second-order valence-corrected chi connectivity index (χ2v) is 3.65. The quantitative estimate of drug-likeness (QED) is 0.733. The number of benzene rings is 1. The van der Waals surface area contributed by atoms with Crippen LogP contribution in [0.4, 0.5) is 11.5 Å². The molecule has 0 atom stereocenters. The van der Waals surface area contributed by atoms with Crippen molar-refractivity contribution >= 4 is 17.2 Å². The molecule has 6 heteroatoms. The van der Waals surface area contributed by atoms with Gasteiger partial charge in [-0.2, -0.15) is 5.26 Å². The molecular weight excluding hydrogens is 228 g/mol. The van der Waals surface area contributed by atoms with Gasteiger partial charge in [0.15, 0.2) is 5.82 Å². The molecule has 6 nitrogen and oxygen atoms in total. The summed E-state index contributed by atoms with van der Waals surface area (Å²) in [6.45, 7) is 0. The first kappa shape index (κ1) is 10.2. The summed E-state index contributed by atoms with van der Waals surface area (Å²) in [5.41, 5.74) is 2.12. The Morgan fingerprint density at radius 1 is 1.22 bits per heavy atom. The van der Waals surface area contributed by atoms with Crippen LogP contribution >= 0.6 is 0 Å². The van der Waals surface area contributed by atoms with E-state index >= 15 is 0 Å². The van der Waals surface area contributed by atoms with Crippen molar-refractivity contribution in [2.24, 2.45) is 0 Å². The number of nitrogens with one attached hydrogen (secondary N) is 1. The third kappa shape index (κ3) is 1.74. The number of rotatable bonds is 2. The summed E-state index contributed by atoms with van der Waals surface area (Å²) in [6.07, 6.45) is 5.06. The topological polar surface area (TPSA) is 78.9 Å². The van der Waals surface area contributed by atoms with Crippen LogP contribution in [0.5, 0.6) is 0 Å². The Morgan fingerprint density at radius 2 is 2.06 bits per heavy atom. The van der Waals surface area contributed by atoms with Crippen molar-refractivity contribution < 1.29 is 0 Å². The van der Waals surface area contributed by atoms with Crippen molar-refractivity contribution in [3.05, 3.63) is 48.5 Å². The van der Waals surface area contributed by atoms with Crippen LogP contribution in [0.2, 0.25) is 0 Å². The van der Waals surface area contributed by atoms with Crippen molar-refractivity contribution in [2.45, 2.75) is 0 Å². The molecule has 0 unspecified atom stereocenters. The van der Waals surface area contributed by atoms with Gasteiger partial charge in [-0.15, -0.1) is 10.2 Å². The van der Waals surface area contributed by atoms with Crippen molar-refractivity contribution in [1.29, 1.82) is 5.26 Å². The van der Waals surface area contributed by atoms with Crippen molar-refractivity contribution in [3.63, 3.8) is 0 Å². The molecule has 0 aliphatic heterocycles. The first-order chi connectivity index (χ1) is 8.86. The van der Waals surface area contributed by atoms with E-state index in [4.69, 9.17) is 5.26 Å². The fourth-order valence-corrected chi connectivity index (χ4v) is 1.61. The summed E-state index contributed by atoms with van der Waals surface area (Å²) in [7, 11) is 0. The minimum absolute atomic E-state index is 0.620. The molecule has 1 N–H and O–H groups in total. The maximum absolute atomic E-state index is 8.73. The number of aromatic nitrogens is 4. The summed E-state index contributed by atoms with van der Waals surface area (Å²) >= 11 is 0. The largest absolute Gasteiger partial charge is 0.337 e. The number of anilines is 2. The SMILES string of the molecule is N#Cc1ccc(Nc2nccn3cnnc23)cc1. The van der Waals surface area contributed by atoms with E-state index in [2.05, 4.69) is 26.6 Å². The average molecular weight is 236 g/mol. The van der Waals surface area contributed by atoms with Crippen LogP contribution in [0.3, 0.4) is 0 Å². The Labute approximate surface area is 103 Å². The van der Waals surface area contributed by atoms with E-state index in [1.165, 1.54) is 0 Å². The van der Waals surface area contributed by atoms with Crippen LogP contribution in [0, 0.1) is 11.3 Å². The monoisotopic (exact) mass is 236 g/mol. The highest BCUT2D eigenvalue weighted by molar-refractivity contribution is 5.69. The van der Waals surface area contributed by atoms with Crippen molar-refractivity contribution in [1.82, 2.24) is 19.6 Å². The van der Waals surface area contributed by atoms with Crippen LogP contribution in [0.15, 0.2) is 43.0 Å². The lowest BCUT2D eigenvalue weighted by Crippen LogP contribution is -1.97. The van der Waals surface area contributed by atoms with Gasteiger partial charge in [0.1, 0.15) is 6.33 Å². The van der Waals surface area contributed by atoms with Crippen LogP contribution in [0.1, 0.15) is 5.56 Å². The maximum atomic E-state index is 8.73. The Hall–Kier alpha value is -2.94. The van der Waals surface area contributed by atoms with Gasteiger partial charge in [0.05, 0.1) is 11.6 Å².